The number of imidazole rings is 1. The SMILES string of the molecule is CC(=O)Nc1cc(Nc2cc(C)nc(C(C)(F)F)n2)c(-c2cn3ccnc3cn2)cn1. The highest BCUT2D eigenvalue weighted by Crippen LogP contribution is 2.31. The second-order valence-electron chi connectivity index (χ2n) is 6.99. The quantitative estimate of drug-likeness (QED) is 0.503. The third kappa shape index (κ3) is 4.44. The number of amides is 1. The van der Waals surface area contributed by atoms with Gasteiger partial charge in [-0.2, -0.15) is 8.78 Å². The number of halogens is 2. The monoisotopic (exact) mass is 424 g/mol. The summed E-state index contributed by atoms with van der Waals surface area (Å²) in [7, 11) is 0. The first-order chi connectivity index (χ1) is 14.7. The van der Waals surface area contributed by atoms with E-state index in [0.717, 1.165) is 6.92 Å². The number of pyridine rings is 1. The summed E-state index contributed by atoms with van der Waals surface area (Å²) in [5.41, 5.74) is 2.65. The van der Waals surface area contributed by atoms with Crippen LogP contribution in [0.1, 0.15) is 25.4 Å². The highest BCUT2D eigenvalue weighted by molar-refractivity contribution is 5.89. The van der Waals surface area contributed by atoms with Gasteiger partial charge >= 0.3 is 5.92 Å². The third-order valence-electron chi connectivity index (χ3n) is 4.27. The van der Waals surface area contributed by atoms with E-state index in [1.165, 1.54) is 13.1 Å². The van der Waals surface area contributed by atoms with Crippen molar-refractivity contribution in [3.63, 3.8) is 0 Å². The van der Waals surface area contributed by atoms with Gasteiger partial charge in [-0.1, -0.05) is 0 Å². The number of hydrogen-bond acceptors (Lipinski definition) is 7. The fourth-order valence-electron chi connectivity index (χ4n) is 2.94. The maximum absolute atomic E-state index is 13.8. The summed E-state index contributed by atoms with van der Waals surface area (Å²) < 4.78 is 29.4. The van der Waals surface area contributed by atoms with Gasteiger partial charge < -0.3 is 15.0 Å². The number of hydrogen-bond donors (Lipinski definition) is 2. The van der Waals surface area contributed by atoms with Crippen molar-refractivity contribution in [1.29, 1.82) is 0 Å². The predicted octanol–water partition coefficient (Wildman–Crippen LogP) is 3.70. The van der Waals surface area contributed by atoms with Gasteiger partial charge in [0.05, 0.1) is 17.6 Å². The average molecular weight is 424 g/mol. The molecule has 0 saturated heterocycles. The minimum Gasteiger partial charge on any atom is -0.339 e. The van der Waals surface area contributed by atoms with Crippen LogP contribution in [0.15, 0.2) is 43.1 Å². The fourth-order valence-corrected chi connectivity index (χ4v) is 2.94. The van der Waals surface area contributed by atoms with Gasteiger partial charge in [-0.3, -0.25) is 9.78 Å². The van der Waals surface area contributed by atoms with Gasteiger partial charge in [0.2, 0.25) is 11.7 Å². The van der Waals surface area contributed by atoms with Gasteiger partial charge in [0, 0.05) is 62.0 Å². The van der Waals surface area contributed by atoms with Crippen LogP contribution in [-0.4, -0.2) is 35.2 Å². The van der Waals surface area contributed by atoms with Crippen LogP contribution in [0, 0.1) is 6.92 Å². The number of anilines is 3. The lowest BCUT2D eigenvalue weighted by molar-refractivity contribution is -0.114. The van der Waals surface area contributed by atoms with Gasteiger partial charge in [-0.15, -0.1) is 0 Å². The predicted molar refractivity (Wildman–Crippen MR) is 110 cm³/mol. The highest BCUT2D eigenvalue weighted by Gasteiger charge is 2.29. The second kappa shape index (κ2) is 7.67. The smallest absolute Gasteiger partial charge is 0.303 e. The molecule has 4 aromatic rings. The van der Waals surface area contributed by atoms with Gasteiger partial charge in [0.1, 0.15) is 11.6 Å². The van der Waals surface area contributed by atoms with Crippen molar-refractivity contribution in [2.45, 2.75) is 26.7 Å². The lowest BCUT2D eigenvalue weighted by Gasteiger charge is -2.15. The molecule has 0 fully saturated rings. The number of alkyl halides is 2. The molecule has 0 radical (unpaired) electrons. The first-order valence-corrected chi connectivity index (χ1v) is 9.27. The van der Waals surface area contributed by atoms with Crippen molar-refractivity contribution in [2.24, 2.45) is 0 Å². The normalized spacial score (nSPS) is 11.5. The fraction of sp³-hybridized carbons (Fsp3) is 0.200. The van der Waals surface area contributed by atoms with E-state index < -0.39 is 11.7 Å². The van der Waals surface area contributed by atoms with E-state index in [9.17, 15) is 13.6 Å². The first kappa shape index (κ1) is 20.3. The number of nitrogens with zero attached hydrogens (tertiary/aromatic N) is 6. The molecule has 0 unspecified atom stereocenters. The Morgan fingerprint density at radius 2 is 1.90 bits per heavy atom. The number of nitrogens with one attached hydrogen (secondary N) is 2. The van der Waals surface area contributed by atoms with Crippen LogP contribution in [0.5, 0.6) is 0 Å². The molecule has 0 atom stereocenters. The van der Waals surface area contributed by atoms with E-state index in [1.54, 1.807) is 48.2 Å². The maximum atomic E-state index is 13.8. The zero-order chi connectivity index (χ0) is 22.2. The van der Waals surface area contributed by atoms with Crippen LogP contribution >= 0.6 is 0 Å². The Kier molecular flexibility index (Phi) is 5.01. The summed E-state index contributed by atoms with van der Waals surface area (Å²) >= 11 is 0. The zero-order valence-electron chi connectivity index (χ0n) is 16.9. The van der Waals surface area contributed by atoms with E-state index in [1.807, 2.05) is 0 Å². The number of fused-ring (bicyclic) bond motifs is 1. The van der Waals surface area contributed by atoms with Crippen molar-refractivity contribution >= 4 is 28.9 Å². The first-order valence-electron chi connectivity index (χ1n) is 9.27. The largest absolute Gasteiger partial charge is 0.339 e. The highest BCUT2D eigenvalue weighted by atomic mass is 19.3. The molecule has 0 aliphatic heterocycles. The van der Waals surface area contributed by atoms with E-state index in [0.29, 0.717) is 28.3 Å². The molecule has 9 nitrogen and oxygen atoms in total. The van der Waals surface area contributed by atoms with Crippen LogP contribution in [0.3, 0.4) is 0 Å². The van der Waals surface area contributed by atoms with Crippen LogP contribution in [0.4, 0.5) is 26.1 Å². The summed E-state index contributed by atoms with van der Waals surface area (Å²) in [6, 6.07) is 3.13. The lowest BCUT2D eigenvalue weighted by atomic mass is 10.1. The van der Waals surface area contributed by atoms with E-state index in [2.05, 4.69) is 35.6 Å². The second-order valence-corrected chi connectivity index (χ2v) is 6.99. The minimum absolute atomic E-state index is 0.175. The maximum Gasteiger partial charge on any atom is 0.303 e. The van der Waals surface area contributed by atoms with Crippen LogP contribution < -0.4 is 10.6 Å². The molecule has 0 aliphatic rings. The number of rotatable bonds is 5. The van der Waals surface area contributed by atoms with Gasteiger partial charge in [-0.25, -0.2) is 19.9 Å². The Hall–Kier alpha value is -4.02. The van der Waals surface area contributed by atoms with Crippen LogP contribution in [0.2, 0.25) is 0 Å². The number of carbonyl (C=O) groups excluding carboxylic acids is 1. The number of carbonyl (C=O) groups is 1. The Morgan fingerprint density at radius 3 is 2.65 bits per heavy atom. The molecule has 11 heteroatoms. The molecular weight excluding hydrogens is 406 g/mol. The summed E-state index contributed by atoms with van der Waals surface area (Å²) in [4.78, 5) is 32.1. The molecule has 1 amide bonds. The Balaban J connectivity index is 1.81. The summed E-state index contributed by atoms with van der Waals surface area (Å²) in [6.07, 6.45) is 8.32. The number of aromatic nitrogens is 6. The molecule has 4 heterocycles. The standard InChI is InChI=1S/C20H18F2N8O/c1-11-6-17(29-19(26-11)20(3,21)22)28-14-7-16(27-12(2)31)25-8-13(14)15-10-30-5-4-23-18(30)9-24-15/h4-10H,1-3H3,(H2,25,26,27,28,29,31). The van der Waals surface area contributed by atoms with Crippen molar-refractivity contribution in [1.82, 2.24) is 29.3 Å². The molecule has 4 aromatic heterocycles. The van der Waals surface area contributed by atoms with Gasteiger partial charge in [0.25, 0.3) is 0 Å². The molecule has 158 valence electrons. The average Bonchev–Trinajstić information content (AvgIpc) is 3.14. The molecule has 0 aliphatic carbocycles. The van der Waals surface area contributed by atoms with Gasteiger partial charge in [0.15, 0.2) is 5.65 Å². The summed E-state index contributed by atoms with van der Waals surface area (Å²) in [5, 5.41) is 5.64. The molecule has 0 bridgehead atoms. The Labute approximate surface area is 175 Å². The van der Waals surface area contributed by atoms with Crippen LogP contribution in [-0.2, 0) is 10.7 Å². The Bertz CT molecular complexity index is 1280. The minimum atomic E-state index is -3.20. The molecule has 2 N–H and O–H groups in total. The van der Waals surface area contributed by atoms with Gasteiger partial charge in [-0.05, 0) is 6.92 Å². The third-order valence-corrected chi connectivity index (χ3v) is 4.27. The zero-order valence-corrected chi connectivity index (χ0v) is 16.9. The van der Waals surface area contributed by atoms with Crippen molar-refractivity contribution < 1.29 is 13.6 Å². The topological polar surface area (TPSA) is 110 Å². The number of aryl methyl sites for hydroxylation is 1. The Morgan fingerprint density at radius 1 is 1.10 bits per heavy atom. The molecule has 31 heavy (non-hydrogen) atoms. The molecule has 0 saturated carbocycles. The van der Waals surface area contributed by atoms with E-state index in [-0.39, 0.29) is 17.5 Å². The lowest BCUT2D eigenvalue weighted by Crippen LogP contribution is -2.14. The molecule has 4 rings (SSSR count). The summed E-state index contributed by atoms with van der Waals surface area (Å²) in [6.45, 7) is 3.70. The molecule has 0 spiro atoms. The molecule has 0 aromatic carbocycles. The van der Waals surface area contributed by atoms with Crippen LogP contribution in [0.25, 0.3) is 16.9 Å². The van der Waals surface area contributed by atoms with Crippen molar-refractivity contribution in [3.05, 3.63) is 54.6 Å². The summed E-state index contributed by atoms with van der Waals surface area (Å²) in [5.74, 6) is -3.62. The van der Waals surface area contributed by atoms with E-state index >= 15 is 0 Å². The van der Waals surface area contributed by atoms with E-state index in [4.69, 9.17) is 0 Å². The molecular formula is C20H18F2N8O. The van der Waals surface area contributed by atoms with Crippen molar-refractivity contribution in [2.75, 3.05) is 10.6 Å². The van der Waals surface area contributed by atoms with Crippen molar-refractivity contribution in [3.8, 4) is 11.3 Å².